The van der Waals surface area contributed by atoms with E-state index in [0.29, 0.717) is 24.5 Å². The molecule has 0 fully saturated rings. The summed E-state index contributed by atoms with van der Waals surface area (Å²) in [4.78, 5) is 27.7. The van der Waals surface area contributed by atoms with Crippen LogP contribution in [0.3, 0.4) is 0 Å². The molecule has 4 nitrogen and oxygen atoms in total. The highest BCUT2D eigenvalue weighted by molar-refractivity contribution is 6.30. The minimum absolute atomic E-state index is 0.0645. The zero-order valence-corrected chi connectivity index (χ0v) is 18.3. The van der Waals surface area contributed by atoms with E-state index in [9.17, 15) is 9.59 Å². The molecule has 2 aromatic rings. The summed E-state index contributed by atoms with van der Waals surface area (Å²) in [6.07, 6.45) is 2.75. The van der Waals surface area contributed by atoms with Gasteiger partial charge < -0.3 is 10.2 Å². The van der Waals surface area contributed by atoms with Gasteiger partial charge in [-0.25, -0.2) is 0 Å². The van der Waals surface area contributed by atoms with Crippen molar-refractivity contribution in [3.05, 3.63) is 70.2 Å². The number of nitrogens with zero attached hydrogens (tertiary/aromatic N) is 1. The number of hydrogen-bond donors (Lipinski definition) is 1. The van der Waals surface area contributed by atoms with Gasteiger partial charge in [0.05, 0.1) is 6.42 Å². The smallest absolute Gasteiger partial charge is 0.242 e. The first-order chi connectivity index (χ1) is 13.9. The second-order valence-electron chi connectivity index (χ2n) is 7.38. The van der Waals surface area contributed by atoms with Crippen molar-refractivity contribution in [2.24, 2.45) is 0 Å². The number of aryl methyl sites for hydroxylation is 1. The van der Waals surface area contributed by atoms with Crippen LogP contribution in [-0.2, 0) is 22.6 Å². The molecule has 0 aliphatic rings. The van der Waals surface area contributed by atoms with E-state index in [-0.39, 0.29) is 18.2 Å². The highest BCUT2D eigenvalue weighted by Gasteiger charge is 2.28. The van der Waals surface area contributed by atoms with Crippen LogP contribution in [-0.4, -0.2) is 29.3 Å². The summed E-state index contributed by atoms with van der Waals surface area (Å²) in [7, 11) is 0. The Bertz CT molecular complexity index is 788. The van der Waals surface area contributed by atoms with Crippen LogP contribution in [0.15, 0.2) is 48.5 Å². The Morgan fingerprint density at radius 2 is 1.62 bits per heavy atom. The minimum atomic E-state index is -0.493. The third kappa shape index (κ3) is 7.21. The lowest BCUT2D eigenvalue weighted by Crippen LogP contribution is -2.49. The van der Waals surface area contributed by atoms with Gasteiger partial charge in [0.15, 0.2) is 0 Å². The van der Waals surface area contributed by atoms with Crippen LogP contribution < -0.4 is 5.32 Å². The van der Waals surface area contributed by atoms with Crippen LogP contribution in [0.25, 0.3) is 0 Å². The van der Waals surface area contributed by atoms with Gasteiger partial charge in [0.2, 0.25) is 11.8 Å². The van der Waals surface area contributed by atoms with E-state index in [0.717, 1.165) is 29.5 Å². The van der Waals surface area contributed by atoms with E-state index in [4.69, 9.17) is 11.6 Å². The van der Waals surface area contributed by atoms with E-state index >= 15 is 0 Å². The van der Waals surface area contributed by atoms with Gasteiger partial charge >= 0.3 is 0 Å². The summed E-state index contributed by atoms with van der Waals surface area (Å²) < 4.78 is 0. The Morgan fingerprint density at radius 3 is 2.21 bits per heavy atom. The van der Waals surface area contributed by atoms with Crippen molar-refractivity contribution in [2.45, 2.75) is 59.0 Å². The van der Waals surface area contributed by atoms with E-state index in [1.54, 1.807) is 17.0 Å². The molecule has 2 rings (SSSR count). The van der Waals surface area contributed by atoms with Gasteiger partial charge in [0.25, 0.3) is 0 Å². The lowest BCUT2D eigenvalue weighted by Gasteiger charge is -2.31. The van der Waals surface area contributed by atoms with Crippen LogP contribution in [0.5, 0.6) is 0 Å². The highest BCUT2D eigenvalue weighted by atomic mass is 35.5. The summed E-state index contributed by atoms with van der Waals surface area (Å²) in [5.41, 5.74) is 3.06. The first kappa shape index (κ1) is 23.0. The summed E-state index contributed by atoms with van der Waals surface area (Å²) in [5, 5.41) is 3.62. The maximum Gasteiger partial charge on any atom is 0.242 e. The molecular formula is C24H31ClN2O2. The average molecular weight is 415 g/mol. The standard InChI is InChI=1S/C24H31ClN2O2/c1-4-6-15-26-24(29)22(5-2)27(17-20-9-7-18(3)8-10-20)23(28)16-19-11-13-21(25)14-12-19/h7-14,22H,4-6,15-17H2,1-3H3,(H,26,29)/t22-/m0/s1. The van der Waals surface area contributed by atoms with Crippen molar-refractivity contribution in [2.75, 3.05) is 6.54 Å². The van der Waals surface area contributed by atoms with Crippen LogP contribution in [0.2, 0.25) is 5.02 Å². The molecule has 0 saturated heterocycles. The van der Waals surface area contributed by atoms with Gasteiger partial charge in [-0.1, -0.05) is 73.8 Å². The topological polar surface area (TPSA) is 49.4 Å². The highest BCUT2D eigenvalue weighted by Crippen LogP contribution is 2.16. The zero-order chi connectivity index (χ0) is 21.2. The van der Waals surface area contributed by atoms with Crippen molar-refractivity contribution in [1.29, 1.82) is 0 Å². The molecular weight excluding hydrogens is 384 g/mol. The number of amides is 2. The Balaban J connectivity index is 2.22. The summed E-state index contributed by atoms with van der Waals surface area (Å²) >= 11 is 5.96. The molecule has 156 valence electrons. The van der Waals surface area contributed by atoms with Crippen LogP contribution in [0, 0.1) is 6.92 Å². The first-order valence-corrected chi connectivity index (χ1v) is 10.7. The molecule has 1 atom stereocenters. The normalized spacial score (nSPS) is 11.7. The molecule has 1 N–H and O–H groups in total. The summed E-state index contributed by atoms with van der Waals surface area (Å²) in [6.45, 7) is 7.11. The van der Waals surface area contributed by atoms with Gasteiger partial charge in [-0.3, -0.25) is 9.59 Å². The first-order valence-electron chi connectivity index (χ1n) is 10.3. The molecule has 0 radical (unpaired) electrons. The third-order valence-electron chi connectivity index (χ3n) is 4.96. The predicted molar refractivity (Wildman–Crippen MR) is 119 cm³/mol. The van der Waals surface area contributed by atoms with Crippen LogP contribution in [0.1, 0.15) is 49.8 Å². The Morgan fingerprint density at radius 1 is 1.00 bits per heavy atom. The van der Waals surface area contributed by atoms with Crippen molar-refractivity contribution in [3.63, 3.8) is 0 Å². The number of carbonyl (C=O) groups is 2. The lowest BCUT2D eigenvalue weighted by atomic mass is 10.1. The SMILES string of the molecule is CCCCNC(=O)[C@H](CC)N(Cc1ccc(C)cc1)C(=O)Cc1ccc(Cl)cc1. The molecule has 0 spiro atoms. The van der Waals surface area contributed by atoms with Crippen molar-refractivity contribution in [3.8, 4) is 0 Å². The lowest BCUT2D eigenvalue weighted by molar-refractivity contribution is -0.140. The van der Waals surface area contributed by atoms with Crippen molar-refractivity contribution >= 4 is 23.4 Å². The molecule has 0 saturated carbocycles. The fourth-order valence-electron chi connectivity index (χ4n) is 3.19. The molecule has 0 unspecified atom stereocenters. The fourth-order valence-corrected chi connectivity index (χ4v) is 3.32. The molecule has 29 heavy (non-hydrogen) atoms. The zero-order valence-electron chi connectivity index (χ0n) is 17.6. The summed E-state index contributed by atoms with van der Waals surface area (Å²) in [5.74, 6) is -0.150. The van der Waals surface area contributed by atoms with Gasteiger partial charge in [0, 0.05) is 18.1 Å². The minimum Gasteiger partial charge on any atom is -0.354 e. The number of nitrogens with one attached hydrogen (secondary N) is 1. The second kappa shape index (κ2) is 11.6. The number of halogens is 1. The number of benzene rings is 2. The molecule has 0 aliphatic heterocycles. The number of unbranched alkanes of at least 4 members (excludes halogenated alkanes) is 1. The second-order valence-corrected chi connectivity index (χ2v) is 7.82. The van der Waals surface area contributed by atoms with Gasteiger partial charge in [-0.2, -0.15) is 0 Å². The van der Waals surface area contributed by atoms with Crippen LogP contribution in [0.4, 0.5) is 0 Å². The number of carbonyl (C=O) groups excluding carboxylic acids is 2. The molecule has 5 heteroatoms. The van der Waals surface area contributed by atoms with Crippen molar-refractivity contribution < 1.29 is 9.59 Å². The number of rotatable bonds is 10. The largest absolute Gasteiger partial charge is 0.354 e. The van der Waals surface area contributed by atoms with E-state index < -0.39 is 6.04 Å². The quantitative estimate of drug-likeness (QED) is 0.561. The van der Waals surface area contributed by atoms with E-state index in [1.165, 1.54) is 0 Å². The Kier molecular flexibility index (Phi) is 9.20. The molecule has 0 heterocycles. The number of hydrogen-bond acceptors (Lipinski definition) is 2. The maximum atomic E-state index is 13.2. The maximum absolute atomic E-state index is 13.2. The van der Waals surface area contributed by atoms with Crippen molar-refractivity contribution in [1.82, 2.24) is 10.2 Å². The fraction of sp³-hybridized carbons (Fsp3) is 0.417. The third-order valence-corrected chi connectivity index (χ3v) is 5.21. The Hall–Kier alpha value is -2.33. The monoisotopic (exact) mass is 414 g/mol. The average Bonchev–Trinajstić information content (AvgIpc) is 2.71. The molecule has 2 aromatic carbocycles. The van der Waals surface area contributed by atoms with E-state index in [1.807, 2.05) is 50.2 Å². The molecule has 2 amide bonds. The van der Waals surface area contributed by atoms with Crippen LogP contribution >= 0.6 is 11.6 Å². The molecule has 0 aromatic heterocycles. The van der Waals surface area contributed by atoms with E-state index in [2.05, 4.69) is 12.2 Å². The molecule has 0 aliphatic carbocycles. The Labute approximate surface area is 179 Å². The van der Waals surface area contributed by atoms with Gasteiger partial charge in [-0.05, 0) is 43.0 Å². The predicted octanol–water partition coefficient (Wildman–Crippen LogP) is 4.91. The van der Waals surface area contributed by atoms with Gasteiger partial charge in [-0.15, -0.1) is 0 Å². The molecule has 0 bridgehead atoms. The van der Waals surface area contributed by atoms with Gasteiger partial charge in [0.1, 0.15) is 6.04 Å². The summed E-state index contributed by atoms with van der Waals surface area (Å²) in [6, 6.07) is 14.9.